The number of carbonyl (C=O) groups excluding carboxylic acids is 1. The van der Waals surface area contributed by atoms with Crippen LogP contribution in [0, 0.1) is 16.7 Å². The molecule has 0 heterocycles. The number of fused-ring (bicyclic) bond motifs is 2. The molecule has 5 rings (SSSR count). The number of ether oxygens (including phenoxy) is 1. The lowest BCUT2D eigenvalue weighted by Gasteiger charge is -2.37. The van der Waals surface area contributed by atoms with E-state index in [0.29, 0.717) is 5.92 Å². The monoisotopic (exact) mass is 529 g/mol. The largest absolute Gasteiger partial charge is 0.444 e. The normalized spacial score (nSPS) is 26.1. The Bertz CT molecular complexity index is 1230. The smallest absolute Gasteiger partial charge is 0.304 e. The molecule has 3 atom stereocenters. The van der Waals surface area contributed by atoms with Crippen molar-refractivity contribution in [2.75, 3.05) is 0 Å². The second-order valence-electron chi connectivity index (χ2n) is 10.6. The first-order chi connectivity index (χ1) is 16.7. The van der Waals surface area contributed by atoms with E-state index < -0.39 is 5.60 Å². The van der Waals surface area contributed by atoms with Crippen LogP contribution in [0.3, 0.4) is 0 Å². The molecule has 0 saturated heterocycles. The number of aliphatic imine (C=N–C) groups is 1. The van der Waals surface area contributed by atoms with E-state index in [9.17, 15) is 4.79 Å². The fraction of sp³-hybridized carbons (Fsp3) is 0.355. The first-order valence-electron chi connectivity index (χ1n) is 12.3. The molecule has 0 radical (unpaired) electrons. The molecule has 2 saturated carbocycles. The molecule has 2 aliphatic carbocycles. The lowest BCUT2D eigenvalue weighted by Crippen LogP contribution is -2.35. The summed E-state index contributed by atoms with van der Waals surface area (Å²) < 4.78 is 6.34. The number of para-hydroxylation sites is 1. The highest BCUT2D eigenvalue weighted by molar-refractivity contribution is 9.10. The van der Waals surface area contributed by atoms with Gasteiger partial charge in [0.05, 0.1) is 10.5 Å². The lowest BCUT2D eigenvalue weighted by molar-refractivity contribution is -0.150. The highest BCUT2D eigenvalue weighted by atomic mass is 79.9. The molecule has 0 spiro atoms. The number of esters is 1. The molecule has 180 valence electrons. The van der Waals surface area contributed by atoms with Gasteiger partial charge < -0.3 is 4.74 Å². The number of rotatable bonds is 5. The number of halogens is 1. The summed E-state index contributed by atoms with van der Waals surface area (Å²) in [4.78, 5) is 18.3. The minimum atomic E-state index is -1.12. The first kappa shape index (κ1) is 24.0. The third-order valence-electron chi connectivity index (χ3n) is 8.67. The van der Waals surface area contributed by atoms with E-state index in [1.807, 2.05) is 78.9 Å². The third kappa shape index (κ3) is 3.60. The summed E-state index contributed by atoms with van der Waals surface area (Å²) >= 11 is 4.02. The topological polar surface area (TPSA) is 38.7 Å². The van der Waals surface area contributed by atoms with Crippen molar-refractivity contribution in [3.63, 3.8) is 0 Å². The van der Waals surface area contributed by atoms with E-state index in [-0.39, 0.29) is 21.6 Å². The van der Waals surface area contributed by atoms with Gasteiger partial charge in [0.1, 0.15) is 0 Å². The molecule has 0 unspecified atom stereocenters. The minimum absolute atomic E-state index is 0.0164. The Hall–Kier alpha value is -2.72. The molecule has 2 fully saturated rings. The fourth-order valence-electron chi connectivity index (χ4n) is 6.40. The number of alkyl halides is 1. The predicted molar refractivity (Wildman–Crippen MR) is 145 cm³/mol. The maximum absolute atomic E-state index is 12.7. The lowest BCUT2D eigenvalue weighted by atomic mass is 9.70. The third-order valence-corrected chi connectivity index (χ3v) is 9.74. The van der Waals surface area contributed by atoms with Crippen LogP contribution in [0.1, 0.15) is 57.2 Å². The average Bonchev–Trinajstić information content (AvgIpc) is 3.17. The summed E-state index contributed by atoms with van der Waals surface area (Å²) in [5, 5.41) is 0. The molecule has 0 N–H and O–H groups in total. The van der Waals surface area contributed by atoms with Gasteiger partial charge in [0.2, 0.25) is 0 Å². The maximum Gasteiger partial charge on any atom is 0.304 e. The summed E-state index contributed by atoms with van der Waals surface area (Å²) in [6.07, 6.45) is 2.35. The molecule has 0 aromatic heterocycles. The summed E-state index contributed by atoms with van der Waals surface area (Å²) in [7, 11) is 0. The van der Waals surface area contributed by atoms with E-state index in [1.54, 1.807) is 0 Å². The fourth-order valence-corrected chi connectivity index (χ4v) is 7.93. The molecule has 3 aromatic carbocycles. The highest BCUT2D eigenvalue weighted by Crippen LogP contribution is 2.66. The van der Waals surface area contributed by atoms with Gasteiger partial charge in [0.15, 0.2) is 5.60 Å². The second kappa shape index (κ2) is 8.74. The van der Waals surface area contributed by atoms with Crippen molar-refractivity contribution in [2.45, 2.75) is 51.0 Å². The van der Waals surface area contributed by atoms with Gasteiger partial charge in [-0.3, -0.25) is 9.79 Å². The quantitative estimate of drug-likeness (QED) is 0.192. The van der Waals surface area contributed by atoms with Crippen LogP contribution in [-0.2, 0) is 15.1 Å². The number of benzene rings is 3. The van der Waals surface area contributed by atoms with Crippen molar-refractivity contribution in [1.29, 1.82) is 0 Å². The highest BCUT2D eigenvalue weighted by Gasteiger charge is 2.64. The molecular weight excluding hydrogens is 498 g/mol. The summed E-state index contributed by atoms with van der Waals surface area (Å²) in [6.45, 7) is 8.60. The minimum Gasteiger partial charge on any atom is -0.444 e. The Labute approximate surface area is 216 Å². The Morgan fingerprint density at radius 1 is 0.914 bits per heavy atom. The summed E-state index contributed by atoms with van der Waals surface area (Å²) in [5.41, 5.74) is 3.75. The Balaban J connectivity index is 1.78. The predicted octanol–water partition coefficient (Wildman–Crippen LogP) is 7.83. The summed E-state index contributed by atoms with van der Waals surface area (Å²) in [5.74, 6) is 0.214. The Morgan fingerprint density at radius 2 is 1.46 bits per heavy atom. The van der Waals surface area contributed by atoms with Crippen molar-refractivity contribution in [3.05, 3.63) is 102 Å². The van der Waals surface area contributed by atoms with Gasteiger partial charge in [-0.2, -0.15) is 0 Å². The van der Waals surface area contributed by atoms with E-state index in [2.05, 4.69) is 42.8 Å². The average molecular weight is 531 g/mol. The Morgan fingerprint density at radius 3 is 1.97 bits per heavy atom. The molecule has 0 amide bonds. The first-order valence-corrected chi connectivity index (χ1v) is 13.3. The second-order valence-corrected chi connectivity index (χ2v) is 11.6. The van der Waals surface area contributed by atoms with Gasteiger partial charge in [-0.1, -0.05) is 116 Å². The molecule has 3 aromatic rings. The molecule has 0 aliphatic heterocycles. The molecule has 2 aliphatic rings. The van der Waals surface area contributed by atoms with E-state index in [4.69, 9.17) is 9.73 Å². The standard InChI is InChI=1S/C31H32BrNO2/c1-21(34)35-31(22-13-7-5-8-14-22,23-15-9-6-10-16-23)24-17-11-12-18-26(24)33-28-27(32)25-19-20-30(28,4)29(25,2)3/h5-18,25,27H,19-20H2,1-4H3/t25-,27-,30-/m1/s1. The molecule has 35 heavy (non-hydrogen) atoms. The van der Waals surface area contributed by atoms with Crippen molar-refractivity contribution >= 4 is 33.3 Å². The van der Waals surface area contributed by atoms with Crippen molar-refractivity contribution in [1.82, 2.24) is 0 Å². The van der Waals surface area contributed by atoms with E-state index >= 15 is 0 Å². The maximum atomic E-state index is 12.7. The van der Waals surface area contributed by atoms with Gasteiger partial charge in [0, 0.05) is 34.7 Å². The zero-order chi connectivity index (χ0) is 24.8. The van der Waals surface area contributed by atoms with Gasteiger partial charge in [0.25, 0.3) is 0 Å². The van der Waals surface area contributed by atoms with Crippen LogP contribution in [0.4, 0.5) is 5.69 Å². The molecule has 2 bridgehead atoms. The van der Waals surface area contributed by atoms with Crippen LogP contribution in [0.2, 0.25) is 0 Å². The summed E-state index contributed by atoms with van der Waals surface area (Å²) in [6, 6.07) is 28.1. The van der Waals surface area contributed by atoms with Gasteiger partial charge in [-0.15, -0.1) is 0 Å². The van der Waals surface area contributed by atoms with Gasteiger partial charge in [-0.25, -0.2) is 0 Å². The zero-order valence-electron chi connectivity index (χ0n) is 20.8. The van der Waals surface area contributed by atoms with Crippen LogP contribution in [0.25, 0.3) is 0 Å². The van der Waals surface area contributed by atoms with Crippen molar-refractivity contribution < 1.29 is 9.53 Å². The van der Waals surface area contributed by atoms with Crippen LogP contribution in [0.15, 0.2) is 89.9 Å². The molecule has 3 nitrogen and oxygen atoms in total. The van der Waals surface area contributed by atoms with Gasteiger partial charge >= 0.3 is 5.97 Å². The Kier molecular flexibility index (Phi) is 5.99. The number of carbonyl (C=O) groups is 1. The van der Waals surface area contributed by atoms with Crippen LogP contribution in [0.5, 0.6) is 0 Å². The van der Waals surface area contributed by atoms with Crippen LogP contribution in [-0.4, -0.2) is 16.5 Å². The van der Waals surface area contributed by atoms with Gasteiger partial charge in [-0.05, 0) is 30.2 Å². The SMILES string of the molecule is CC(=O)OC(c1ccccc1)(c1ccccc1)c1ccccc1N=C1[C@H](Br)[C@H]2CC[C@@]1(C)C2(C)C. The number of hydrogen-bond donors (Lipinski definition) is 0. The van der Waals surface area contributed by atoms with Crippen molar-refractivity contribution in [3.8, 4) is 0 Å². The molecule has 4 heteroatoms. The van der Waals surface area contributed by atoms with E-state index in [1.165, 1.54) is 19.1 Å². The number of nitrogens with zero attached hydrogens (tertiary/aromatic N) is 1. The van der Waals surface area contributed by atoms with Crippen LogP contribution >= 0.6 is 15.9 Å². The van der Waals surface area contributed by atoms with E-state index in [0.717, 1.165) is 28.8 Å². The van der Waals surface area contributed by atoms with Crippen molar-refractivity contribution in [2.24, 2.45) is 21.7 Å². The van der Waals surface area contributed by atoms with Crippen LogP contribution < -0.4 is 0 Å². The zero-order valence-corrected chi connectivity index (χ0v) is 22.4. The number of hydrogen-bond acceptors (Lipinski definition) is 3. The molecular formula is C31H32BrNO2.